The summed E-state index contributed by atoms with van der Waals surface area (Å²) in [5, 5.41) is 16.2. The van der Waals surface area contributed by atoms with E-state index in [1.54, 1.807) is 41.0 Å². The number of amides is 4. The molecule has 4 aliphatic heterocycles. The predicted octanol–water partition coefficient (Wildman–Crippen LogP) is 9.36. The molecule has 0 bridgehead atoms. The molecule has 0 atom stereocenters. The van der Waals surface area contributed by atoms with Crippen molar-refractivity contribution in [3.63, 3.8) is 0 Å². The average Bonchev–Trinajstić information content (AvgIpc) is 4.23. The standard InChI is InChI=1S/C15H17N3O2.C14H14ClN3O2.C12H12ClNO2.C12H13NO3/c1-4-12-16-14(20-17-12)10-6-9(3)13-11(7-10)8-18(5-2)15(13)19;1-3-18-7-10-5-9(4-8(2)12(10)14(18)19)13-16-11(6-15)17-20-13;1-3-14-6-9-5-8(11(13)15)4-7(2)10(9)12(14)16;1-3-13-6-9-5-8(12(15)16)4-7(2)10(9)11(13)14/h6-7H,4-5,8H2,1-3H3;4-5H,3,6-7H2,1-2H3;4-5H,3,6H2,1-2H3;4-5H,3,6H2,1-2H3,(H,15,16). The Balaban J connectivity index is 0.000000142. The third kappa shape index (κ3) is 10.5. The minimum atomic E-state index is -0.951. The van der Waals surface area contributed by atoms with Gasteiger partial charge in [-0.1, -0.05) is 17.2 Å². The molecule has 0 unspecified atom stereocenters. The Morgan fingerprint density at radius 1 is 0.528 bits per heavy atom. The van der Waals surface area contributed by atoms with Gasteiger partial charge in [-0.2, -0.15) is 9.97 Å². The Morgan fingerprint density at radius 3 is 1.18 bits per heavy atom. The van der Waals surface area contributed by atoms with Crippen molar-refractivity contribution in [2.75, 3.05) is 26.2 Å². The lowest BCUT2D eigenvalue weighted by atomic mass is 10.0. The molecule has 10 rings (SSSR count). The first-order valence-electron chi connectivity index (χ1n) is 23.7. The molecule has 4 amide bonds. The van der Waals surface area contributed by atoms with Gasteiger partial charge in [-0.3, -0.25) is 24.0 Å². The van der Waals surface area contributed by atoms with Gasteiger partial charge in [0.25, 0.3) is 40.7 Å². The second kappa shape index (κ2) is 22.0. The molecule has 1 N–H and O–H groups in total. The maximum Gasteiger partial charge on any atom is 0.335 e. The molecular formula is C53H56Cl2N8O9. The van der Waals surface area contributed by atoms with E-state index in [-0.39, 0.29) is 35.1 Å². The highest BCUT2D eigenvalue weighted by atomic mass is 35.5. The van der Waals surface area contributed by atoms with Gasteiger partial charge in [0.15, 0.2) is 11.6 Å². The van der Waals surface area contributed by atoms with Crippen molar-refractivity contribution in [2.45, 2.75) is 101 Å². The molecule has 17 nitrogen and oxygen atoms in total. The number of benzene rings is 4. The van der Waals surface area contributed by atoms with Gasteiger partial charge in [-0.25, -0.2) is 4.79 Å². The van der Waals surface area contributed by atoms with Gasteiger partial charge in [0.1, 0.15) is 0 Å². The smallest absolute Gasteiger partial charge is 0.335 e. The highest BCUT2D eigenvalue weighted by Crippen LogP contribution is 2.33. The Labute approximate surface area is 427 Å². The van der Waals surface area contributed by atoms with Crippen molar-refractivity contribution in [2.24, 2.45) is 0 Å². The summed E-state index contributed by atoms with van der Waals surface area (Å²) in [5.41, 5.74) is 12.7. The van der Waals surface area contributed by atoms with Crippen LogP contribution in [0.1, 0.15) is 153 Å². The van der Waals surface area contributed by atoms with Crippen LogP contribution in [0, 0.1) is 27.7 Å². The molecule has 19 heteroatoms. The van der Waals surface area contributed by atoms with E-state index in [0.717, 1.165) is 85.3 Å². The summed E-state index contributed by atoms with van der Waals surface area (Å²) in [6, 6.07) is 14.3. The SMILES string of the molecule is CCN1Cc2cc(-c3nc(CCl)no3)cc(C)c2C1=O.CCN1Cc2cc(C(=O)Cl)cc(C)c2C1=O.CCN1Cc2cc(C(=O)O)cc(C)c2C1=O.CCc1noc(-c2cc(C)c3c(c2)CN(CC)C3=O)n1. The molecule has 0 aliphatic carbocycles. The quantitative estimate of drug-likeness (QED) is 0.100. The molecule has 376 valence electrons. The van der Waals surface area contributed by atoms with E-state index in [1.165, 1.54) is 0 Å². The third-order valence-corrected chi connectivity index (χ3v) is 13.4. The summed E-state index contributed by atoms with van der Waals surface area (Å²) >= 11 is 11.1. The largest absolute Gasteiger partial charge is 0.478 e. The van der Waals surface area contributed by atoms with Gasteiger partial charge in [0, 0.05) is 97.7 Å². The molecule has 6 heterocycles. The lowest BCUT2D eigenvalue weighted by Gasteiger charge is -2.11. The molecule has 0 saturated carbocycles. The number of carboxylic acids is 1. The molecule has 2 aromatic heterocycles. The molecule has 0 fully saturated rings. The lowest BCUT2D eigenvalue weighted by Crippen LogP contribution is -2.23. The number of hydrogen-bond acceptors (Lipinski definition) is 12. The Bertz CT molecular complexity index is 2940. The zero-order valence-electron chi connectivity index (χ0n) is 41.7. The molecule has 72 heavy (non-hydrogen) atoms. The number of fused-ring (bicyclic) bond motifs is 4. The van der Waals surface area contributed by atoms with Crippen molar-refractivity contribution < 1.29 is 42.9 Å². The van der Waals surface area contributed by atoms with Gasteiger partial charge < -0.3 is 33.8 Å². The highest BCUT2D eigenvalue weighted by Gasteiger charge is 2.32. The molecular weight excluding hydrogens is 964 g/mol. The van der Waals surface area contributed by atoms with Crippen LogP contribution in [0.3, 0.4) is 0 Å². The van der Waals surface area contributed by atoms with E-state index in [4.69, 9.17) is 37.4 Å². The van der Waals surface area contributed by atoms with Crippen molar-refractivity contribution in [1.82, 2.24) is 39.9 Å². The summed E-state index contributed by atoms with van der Waals surface area (Å²) in [7, 11) is 0. The van der Waals surface area contributed by atoms with Gasteiger partial charge in [-0.15, -0.1) is 11.6 Å². The van der Waals surface area contributed by atoms with Crippen LogP contribution in [0.2, 0.25) is 0 Å². The summed E-state index contributed by atoms with van der Waals surface area (Å²) in [5.74, 6) is 1.66. The maximum atomic E-state index is 12.2. The summed E-state index contributed by atoms with van der Waals surface area (Å²) in [4.78, 5) is 85.9. The average molecular weight is 1020 g/mol. The monoisotopic (exact) mass is 1020 g/mol. The van der Waals surface area contributed by atoms with E-state index < -0.39 is 11.2 Å². The second-order valence-corrected chi connectivity index (χ2v) is 18.3. The normalized spacial score (nSPS) is 14.0. The summed E-state index contributed by atoms with van der Waals surface area (Å²) < 4.78 is 10.5. The van der Waals surface area contributed by atoms with Crippen LogP contribution in [0.5, 0.6) is 0 Å². The number of aromatic carboxylic acids is 1. The number of nitrogens with zero attached hydrogens (tertiary/aromatic N) is 8. The molecule has 4 aromatic carbocycles. The molecule has 0 saturated heterocycles. The number of carbonyl (C=O) groups is 6. The zero-order chi connectivity index (χ0) is 52.3. The van der Waals surface area contributed by atoms with Crippen LogP contribution in [0.25, 0.3) is 22.9 Å². The number of aryl methyl sites for hydroxylation is 5. The van der Waals surface area contributed by atoms with Crippen LogP contribution in [0.15, 0.2) is 57.6 Å². The number of carboxylic acid groups (broad SMARTS) is 1. The number of aromatic nitrogens is 4. The highest BCUT2D eigenvalue weighted by molar-refractivity contribution is 6.67. The first-order valence-corrected chi connectivity index (χ1v) is 24.6. The fourth-order valence-electron chi connectivity index (χ4n) is 9.35. The molecule has 6 aromatic rings. The summed E-state index contributed by atoms with van der Waals surface area (Å²) in [6.45, 7) is 22.4. The van der Waals surface area contributed by atoms with Gasteiger partial charge >= 0.3 is 5.97 Å². The topological polar surface area (TPSA) is 213 Å². The van der Waals surface area contributed by atoms with Gasteiger partial charge in [0.05, 0.1) is 11.4 Å². The van der Waals surface area contributed by atoms with Crippen LogP contribution in [-0.4, -0.2) is 106 Å². The lowest BCUT2D eigenvalue weighted by molar-refractivity contribution is 0.0693. The van der Waals surface area contributed by atoms with E-state index in [9.17, 15) is 28.8 Å². The molecule has 0 spiro atoms. The van der Waals surface area contributed by atoms with E-state index >= 15 is 0 Å². The Hall–Kier alpha value is -7.24. The number of alkyl halides is 1. The second-order valence-electron chi connectivity index (χ2n) is 17.7. The van der Waals surface area contributed by atoms with Crippen LogP contribution in [0.4, 0.5) is 0 Å². The summed E-state index contributed by atoms with van der Waals surface area (Å²) in [6.07, 6.45) is 0.746. The molecule has 4 aliphatic rings. The predicted molar refractivity (Wildman–Crippen MR) is 269 cm³/mol. The zero-order valence-corrected chi connectivity index (χ0v) is 43.2. The fraction of sp³-hybridized carbons (Fsp3) is 0.358. The van der Waals surface area contributed by atoms with Crippen molar-refractivity contribution >= 4 is 58.0 Å². The van der Waals surface area contributed by atoms with Gasteiger partial charge in [-0.05, 0) is 160 Å². The fourth-order valence-corrected chi connectivity index (χ4v) is 9.57. The minimum Gasteiger partial charge on any atom is -0.478 e. The van der Waals surface area contributed by atoms with Crippen molar-refractivity contribution in [1.29, 1.82) is 0 Å². The molecule has 0 radical (unpaired) electrons. The first kappa shape index (κ1) is 52.6. The van der Waals surface area contributed by atoms with E-state index in [2.05, 4.69) is 20.3 Å². The third-order valence-electron chi connectivity index (χ3n) is 13.0. The number of halogens is 2. The Morgan fingerprint density at radius 2 is 0.861 bits per heavy atom. The number of carbonyl (C=O) groups excluding carboxylic acids is 5. The van der Waals surface area contributed by atoms with E-state index in [0.29, 0.717) is 80.4 Å². The number of hydrogen-bond donors (Lipinski definition) is 1. The van der Waals surface area contributed by atoms with Crippen LogP contribution >= 0.6 is 23.2 Å². The number of rotatable bonds is 10. The van der Waals surface area contributed by atoms with E-state index in [1.807, 2.05) is 89.5 Å². The van der Waals surface area contributed by atoms with Crippen molar-refractivity contribution in [3.05, 3.63) is 138 Å². The van der Waals surface area contributed by atoms with Crippen LogP contribution in [-0.2, 0) is 38.5 Å². The Kier molecular flexibility index (Phi) is 16.1. The first-order chi connectivity index (χ1) is 34.4. The van der Waals surface area contributed by atoms with Gasteiger partial charge in [0.2, 0.25) is 0 Å². The minimum absolute atomic E-state index is 0.00642. The maximum absolute atomic E-state index is 12.2. The van der Waals surface area contributed by atoms with Crippen LogP contribution < -0.4 is 0 Å². The van der Waals surface area contributed by atoms with Crippen molar-refractivity contribution in [3.8, 4) is 22.9 Å².